The number of hydrogen-bond acceptors (Lipinski definition) is 5. The first kappa shape index (κ1) is 14.9. The van der Waals surface area contributed by atoms with Crippen LogP contribution in [0.1, 0.15) is 30.7 Å². The molecule has 6 heteroatoms. The number of ether oxygens (including phenoxy) is 1. The molecule has 2 rings (SSSR count). The summed E-state index contributed by atoms with van der Waals surface area (Å²) in [5, 5.41) is 16.7. The van der Waals surface area contributed by atoms with Crippen molar-refractivity contribution < 1.29 is 4.74 Å². The molecule has 0 amide bonds. The van der Waals surface area contributed by atoms with Crippen molar-refractivity contribution in [1.82, 2.24) is 14.8 Å². The predicted molar refractivity (Wildman–Crippen MR) is 80.0 cm³/mol. The third-order valence-electron chi connectivity index (χ3n) is 2.98. The zero-order valence-corrected chi connectivity index (χ0v) is 12.7. The van der Waals surface area contributed by atoms with E-state index >= 15 is 0 Å². The summed E-state index contributed by atoms with van der Waals surface area (Å²) in [7, 11) is 1.81. The number of anilines is 1. The second-order valence-corrected chi connectivity index (χ2v) is 5.03. The number of pyridine rings is 1. The molecule has 0 radical (unpaired) electrons. The Morgan fingerprint density at radius 1 is 1.48 bits per heavy atom. The predicted octanol–water partition coefficient (Wildman–Crippen LogP) is 2.39. The van der Waals surface area contributed by atoms with E-state index in [4.69, 9.17) is 4.74 Å². The minimum atomic E-state index is 0.0623. The van der Waals surface area contributed by atoms with Gasteiger partial charge in [-0.25, -0.2) is 4.98 Å². The Kier molecular flexibility index (Phi) is 4.43. The van der Waals surface area contributed by atoms with E-state index in [0.717, 1.165) is 5.56 Å². The van der Waals surface area contributed by atoms with Gasteiger partial charge in [-0.05, 0) is 26.8 Å². The molecule has 2 aromatic heterocycles. The molecule has 2 heterocycles. The summed E-state index contributed by atoms with van der Waals surface area (Å²) in [5.74, 6) is 1.31. The van der Waals surface area contributed by atoms with Crippen molar-refractivity contribution >= 4 is 5.82 Å². The molecular formula is C15H19N5O. The van der Waals surface area contributed by atoms with Crippen LogP contribution < -0.4 is 10.1 Å². The van der Waals surface area contributed by atoms with Crippen molar-refractivity contribution in [3.05, 3.63) is 35.2 Å². The van der Waals surface area contributed by atoms with E-state index in [1.165, 1.54) is 0 Å². The van der Waals surface area contributed by atoms with Gasteiger partial charge >= 0.3 is 0 Å². The molecule has 0 spiro atoms. The zero-order valence-electron chi connectivity index (χ0n) is 12.7. The summed E-state index contributed by atoms with van der Waals surface area (Å²) < 4.78 is 7.36. The fourth-order valence-electron chi connectivity index (χ4n) is 2.06. The van der Waals surface area contributed by atoms with Crippen LogP contribution in [0.25, 0.3) is 0 Å². The highest BCUT2D eigenvalue weighted by molar-refractivity contribution is 5.55. The molecule has 0 aromatic carbocycles. The van der Waals surface area contributed by atoms with Gasteiger partial charge in [-0.2, -0.15) is 10.4 Å². The van der Waals surface area contributed by atoms with Crippen LogP contribution in [0.15, 0.2) is 18.3 Å². The first-order valence-corrected chi connectivity index (χ1v) is 6.81. The molecule has 2 aromatic rings. The van der Waals surface area contributed by atoms with Crippen LogP contribution >= 0.6 is 0 Å². The first-order chi connectivity index (χ1) is 10.0. The topological polar surface area (TPSA) is 75.8 Å². The molecule has 0 saturated carbocycles. The highest BCUT2D eigenvalue weighted by Gasteiger charge is 2.13. The lowest BCUT2D eigenvalue weighted by atomic mass is 10.2. The van der Waals surface area contributed by atoms with Crippen molar-refractivity contribution in [3.63, 3.8) is 0 Å². The molecule has 0 saturated heterocycles. The van der Waals surface area contributed by atoms with Crippen LogP contribution in [-0.4, -0.2) is 20.9 Å². The molecule has 0 atom stereocenters. The molecule has 0 aliphatic carbocycles. The lowest BCUT2D eigenvalue weighted by Gasteiger charge is -2.14. The molecule has 110 valence electrons. The SMILES string of the molecule is Cc1nn(C)c(NCc2cccnc2OC(C)C)c1C#N. The largest absolute Gasteiger partial charge is 0.475 e. The minimum absolute atomic E-state index is 0.0623. The first-order valence-electron chi connectivity index (χ1n) is 6.81. The zero-order chi connectivity index (χ0) is 15.4. The minimum Gasteiger partial charge on any atom is -0.475 e. The Hall–Kier alpha value is -2.55. The van der Waals surface area contributed by atoms with Gasteiger partial charge < -0.3 is 10.1 Å². The maximum Gasteiger partial charge on any atom is 0.218 e. The Morgan fingerprint density at radius 2 is 2.24 bits per heavy atom. The summed E-state index contributed by atoms with van der Waals surface area (Å²) in [6, 6.07) is 5.99. The Labute approximate surface area is 124 Å². The molecule has 6 nitrogen and oxygen atoms in total. The summed E-state index contributed by atoms with van der Waals surface area (Å²) in [6.45, 7) is 6.26. The van der Waals surface area contributed by atoms with Crippen molar-refractivity contribution in [1.29, 1.82) is 5.26 Å². The van der Waals surface area contributed by atoms with Crippen molar-refractivity contribution in [2.75, 3.05) is 5.32 Å². The smallest absolute Gasteiger partial charge is 0.218 e. The molecule has 0 aliphatic rings. The number of aromatic nitrogens is 3. The second kappa shape index (κ2) is 6.27. The Bertz CT molecular complexity index is 669. The third kappa shape index (κ3) is 3.31. The Balaban J connectivity index is 2.20. The summed E-state index contributed by atoms with van der Waals surface area (Å²) in [6.07, 6.45) is 1.77. The molecule has 0 aliphatic heterocycles. The molecular weight excluding hydrogens is 266 g/mol. The van der Waals surface area contributed by atoms with E-state index in [9.17, 15) is 5.26 Å². The van der Waals surface area contributed by atoms with Gasteiger partial charge in [0.1, 0.15) is 17.5 Å². The fraction of sp³-hybridized carbons (Fsp3) is 0.400. The molecule has 1 N–H and O–H groups in total. The number of rotatable bonds is 5. The summed E-state index contributed by atoms with van der Waals surface area (Å²) in [4.78, 5) is 4.25. The van der Waals surface area contributed by atoms with Crippen LogP contribution in [0, 0.1) is 18.3 Å². The summed E-state index contributed by atoms with van der Waals surface area (Å²) >= 11 is 0. The van der Waals surface area contributed by atoms with E-state index in [0.29, 0.717) is 29.5 Å². The lowest BCUT2D eigenvalue weighted by Crippen LogP contribution is -2.12. The number of hydrogen-bond donors (Lipinski definition) is 1. The fourth-order valence-corrected chi connectivity index (χ4v) is 2.06. The van der Waals surface area contributed by atoms with Gasteiger partial charge in [0, 0.05) is 25.4 Å². The summed E-state index contributed by atoms with van der Waals surface area (Å²) in [5.41, 5.74) is 2.22. The Morgan fingerprint density at radius 3 is 2.90 bits per heavy atom. The average Bonchev–Trinajstić information content (AvgIpc) is 2.70. The maximum absolute atomic E-state index is 9.20. The van der Waals surface area contributed by atoms with Gasteiger partial charge in [-0.15, -0.1) is 0 Å². The molecule has 0 bridgehead atoms. The van der Waals surface area contributed by atoms with Crippen molar-refractivity contribution in [3.8, 4) is 11.9 Å². The third-order valence-corrected chi connectivity index (χ3v) is 2.98. The van der Waals surface area contributed by atoms with E-state index in [2.05, 4.69) is 21.5 Å². The molecule has 0 fully saturated rings. The van der Waals surface area contributed by atoms with Gasteiger partial charge in [0.25, 0.3) is 0 Å². The van der Waals surface area contributed by atoms with E-state index in [1.54, 1.807) is 10.9 Å². The number of nitrogens with zero attached hydrogens (tertiary/aromatic N) is 4. The van der Waals surface area contributed by atoms with Crippen LogP contribution in [0.4, 0.5) is 5.82 Å². The van der Waals surface area contributed by atoms with Gasteiger partial charge in [0.05, 0.1) is 11.8 Å². The quantitative estimate of drug-likeness (QED) is 0.913. The second-order valence-electron chi connectivity index (χ2n) is 5.03. The van der Waals surface area contributed by atoms with E-state index < -0.39 is 0 Å². The average molecular weight is 285 g/mol. The lowest BCUT2D eigenvalue weighted by molar-refractivity contribution is 0.230. The van der Waals surface area contributed by atoms with Crippen LogP contribution in [-0.2, 0) is 13.6 Å². The number of nitriles is 1. The van der Waals surface area contributed by atoms with Crippen molar-refractivity contribution in [2.45, 2.75) is 33.4 Å². The number of nitrogens with one attached hydrogen (secondary N) is 1. The maximum atomic E-state index is 9.20. The van der Waals surface area contributed by atoms with Gasteiger partial charge in [-0.1, -0.05) is 6.07 Å². The standard InChI is InChI=1S/C15H19N5O/c1-10(2)21-15-12(6-5-7-17-15)9-18-14-13(8-16)11(3)19-20(14)4/h5-7,10,18H,9H2,1-4H3. The number of aryl methyl sites for hydroxylation is 2. The highest BCUT2D eigenvalue weighted by Crippen LogP contribution is 2.21. The van der Waals surface area contributed by atoms with E-state index in [-0.39, 0.29) is 6.10 Å². The van der Waals surface area contributed by atoms with Crippen molar-refractivity contribution in [2.24, 2.45) is 7.05 Å². The van der Waals surface area contributed by atoms with Crippen LogP contribution in [0.2, 0.25) is 0 Å². The monoisotopic (exact) mass is 285 g/mol. The normalized spacial score (nSPS) is 10.5. The molecule has 21 heavy (non-hydrogen) atoms. The van der Waals surface area contributed by atoms with Crippen LogP contribution in [0.3, 0.4) is 0 Å². The van der Waals surface area contributed by atoms with Gasteiger partial charge in [0.15, 0.2) is 0 Å². The van der Waals surface area contributed by atoms with Gasteiger partial charge in [-0.3, -0.25) is 4.68 Å². The molecule has 0 unspecified atom stereocenters. The van der Waals surface area contributed by atoms with Gasteiger partial charge in [0.2, 0.25) is 5.88 Å². The van der Waals surface area contributed by atoms with Crippen LogP contribution in [0.5, 0.6) is 5.88 Å². The van der Waals surface area contributed by atoms with E-state index in [1.807, 2.05) is 40.0 Å². The highest BCUT2D eigenvalue weighted by atomic mass is 16.5.